The number of piperazine rings is 1. The van der Waals surface area contributed by atoms with Gasteiger partial charge in [0.15, 0.2) is 6.61 Å². The molecule has 4 amide bonds. The number of carbonyl (C=O) groups excluding carboxylic acids is 4. The van der Waals surface area contributed by atoms with Crippen molar-refractivity contribution < 1.29 is 52.1 Å². The van der Waals surface area contributed by atoms with E-state index in [1.807, 2.05) is 6.07 Å². The zero-order valence-electron chi connectivity index (χ0n) is 36.7. The smallest absolute Gasteiger partial charge is 0.352 e. The number of carbonyl (C=O) groups is 5. The van der Waals surface area contributed by atoms with Crippen LogP contribution in [0.2, 0.25) is 0 Å². The molecule has 2 N–H and O–H groups in total. The number of carboxylic acids is 1. The summed E-state index contributed by atoms with van der Waals surface area (Å²) in [7, 11) is 0. The van der Waals surface area contributed by atoms with Gasteiger partial charge >= 0.3 is 5.97 Å². The monoisotopic (exact) mass is 915 g/mol. The molecule has 6 heterocycles. The van der Waals surface area contributed by atoms with E-state index >= 15 is 4.39 Å². The minimum atomic E-state index is -1.16. The van der Waals surface area contributed by atoms with E-state index in [1.54, 1.807) is 63.5 Å². The van der Waals surface area contributed by atoms with Crippen molar-refractivity contribution in [3.05, 3.63) is 106 Å². The number of rotatable bonds is 14. The van der Waals surface area contributed by atoms with Crippen molar-refractivity contribution in [3.8, 4) is 28.5 Å². The van der Waals surface area contributed by atoms with Crippen LogP contribution in [0.3, 0.4) is 0 Å². The number of ether oxygens (including phenoxy) is 3. The number of aromatic nitrogens is 3. The second kappa shape index (κ2) is 17.8. The molecule has 1 unspecified atom stereocenters. The first-order chi connectivity index (χ1) is 32.4. The molecule has 4 aromatic carbocycles. The molecule has 4 aliphatic rings. The fraction of sp³-hybridized carbons (Fsp3) is 0.347. The van der Waals surface area contributed by atoms with Gasteiger partial charge in [0.05, 0.1) is 36.5 Å². The van der Waals surface area contributed by atoms with Gasteiger partial charge in [-0.3, -0.25) is 29.4 Å². The molecule has 0 spiro atoms. The maximum atomic E-state index is 16.4. The molecule has 1 atom stereocenters. The van der Waals surface area contributed by atoms with Crippen LogP contribution >= 0.6 is 0 Å². The van der Waals surface area contributed by atoms with E-state index in [4.69, 9.17) is 14.2 Å². The van der Waals surface area contributed by atoms with Gasteiger partial charge in [-0.1, -0.05) is 18.2 Å². The second-order valence-corrected chi connectivity index (χ2v) is 17.2. The number of carboxylic acid groups (broad SMARTS) is 1. The third kappa shape index (κ3) is 8.08. The molecule has 4 aliphatic heterocycles. The lowest BCUT2D eigenvalue weighted by Gasteiger charge is -2.35. The largest absolute Gasteiger partial charge is 0.493 e. The van der Waals surface area contributed by atoms with Gasteiger partial charge < -0.3 is 33.7 Å². The Labute approximate surface area is 382 Å². The highest BCUT2D eigenvalue weighted by atomic mass is 19.1. The predicted molar refractivity (Wildman–Crippen MR) is 239 cm³/mol. The van der Waals surface area contributed by atoms with Gasteiger partial charge in [0.1, 0.15) is 41.5 Å². The average molecular weight is 916 g/mol. The van der Waals surface area contributed by atoms with E-state index in [-0.39, 0.29) is 73.9 Å². The third-order valence-corrected chi connectivity index (χ3v) is 13.2. The lowest BCUT2D eigenvalue weighted by atomic mass is 9.99. The molecular weight excluding hydrogens is 869 g/mol. The van der Waals surface area contributed by atoms with Crippen LogP contribution < -0.4 is 19.5 Å². The molecule has 2 fully saturated rings. The Morgan fingerprint density at radius 2 is 1.70 bits per heavy atom. The zero-order chi connectivity index (χ0) is 46.5. The molecule has 346 valence electrons. The zero-order valence-corrected chi connectivity index (χ0v) is 36.7. The van der Waals surface area contributed by atoms with Gasteiger partial charge in [-0.05, 0) is 85.7 Å². The van der Waals surface area contributed by atoms with Crippen LogP contribution in [0.15, 0.2) is 66.7 Å². The number of aromatic carboxylic acids is 1. The van der Waals surface area contributed by atoms with Crippen molar-refractivity contribution >= 4 is 51.3 Å². The standard InChI is InChI=1S/C49H47F2N7O9/c1-28-42(48-58(53-28)22-24-66-48)43-36(51)13-12-33-32(7-4-23-65-38-8-2-5-29-25-30(50)10-11-31(29)38)45(49(63)64)56(44(33)43)21-18-54-16-19-55(20-17-54)41(60)27-67-39-9-3-6-34-35(39)26-57(47(34)62)37-14-15-40(59)52-46(37)61/h2-3,5-6,8-13,25,37H,4,7,14-24,26-27H2,1H3,(H,63,64)(H,52,59,61). The predicted octanol–water partition coefficient (Wildman–Crippen LogP) is 5.33. The number of halogens is 2. The van der Waals surface area contributed by atoms with Crippen molar-refractivity contribution in [1.29, 1.82) is 0 Å². The Morgan fingerprint density at radius 1 is 0.910 bits per heavy atom. The Morgan fingerprint density at radius 3 is 2.51 bits per heavy atom. The molecule has 0 saturated carbocycles. The Hall–Kier alpha value is -7.34. The fourth-order valence-corrected chi connectivity index (χ4v) is 9.99. The van der Waals surface area contributed by atoms with Gasteiger partial charge in [-0.2, -0.15) is 5.10 Å². The summed E-state index contributed by atoms with van der Waals surface area (Å²) in [5.74, 6) is -2.13. The maximum absolute atomic E-state index is 16.4. The summed E-state index contributed by atoms with van der Waals surface area (Å²) >= 11 is 0. The van der Waals surface area contributed by atoms with Crippen LogP contribution in [0.5, 0.6) is 17.4 Å². The molecule has 10 rings (SSSR count). The summed E-state index contributed by atoms with van der Waals surface area (Å²) in [6.07, 6.45) is 1.10. The number of amides is 4. The second-order valence-electron chi connectivity index (χ2n) is 17.2. The van der Waals surface area contributed by atoms with Gasteiger partial charge in [-0.15, -0.1) is 0 Å². The summed E-state index contributed by atoms with van der Waals surface area (Å²) in [6.45, 7) is 5.09. The summed E-state index contributed by atoms with van der Waals surface area (Å²) in [6, 6.07) is 17.1. The molecule has 0 aliphatic carbocycles. The van der Waals surface area contributed by atoms with Crippen molar-refractivity contribution in [2.24, 2.45) is 0 Å². The van der Waals surface area contributed by atoms with E-state index in [0.717, 1.165) is 5.39 Å². The van der Waals surface area contributed by atoms with Crippen molar-refractivity contribution in [1.82, 2.24) is 34.4 Å². The molecular formula is C49H47F2N7O9. The number of imide groups is 1. The normalized spacial score (nSPS) is 17.2. The maximum Gasteiger partial charge on any atom is 0.352 e. The molecule has 16 nitrogen and oxygen atoms in total. The number of aryl methyl sites for hydroxylation is 2. The van der Waals surface area contributed by atoms with E-state index < -0.39 is 23.7 Å². The number of hydrogen-bond acceptors (Lipinski definition) is 10. The van der Waals surface area contributed by atoms with Gasteiger partial charge in [0, 0.05) is 73.2 Å². The number of hydrogen-bond donors (Lipinski definition) is 2. The summed E-state index contributed by atoms with van der Waals surface area (Å²) in [4.78, 5) is 69.7. The van der Waals surface area contributed by atoms with Crippen molar-refractivity contribution in [2.75, 3.05) is 52.5 Å². The molecule has 2 saturated heterocycles. The van der Waals surface area contributed by atoms with Crippen molar-refractivity contribution in [2.45, 2.75) is 58.3 Å². The SMILES string of the molecule is Cc1nn2c(c1-c1c(F)ccc3c(CCCOc4cccc5cc(F)ccc45)c(C(=O)O)n(CCN4CCN(C(=O)COc5cccc6c5CN(C5CCC(=O)NC5=O)C6=O)CC4)c13)OCC2. The van der Waals surface area contributed by atoms with Crippen molar-refractivity contribution in [3.63, 3.8) is 0 Å². The number of nitrogens with zero attached hydrogens (tertiary/aromatic N) is 6. The van der Waals surface area contributed by atoms with Gasteiger partial charge in [0.25, 0.3) is 11.8 Å². The topological polar surface area (TPSA) is 178 Å². The van der Waals surface area contributed by atoms with Crippen LogP contribution in [0.4, 0.5) is 8.78 Å². The fourth-order valence-electron chi connectivity index (χ4n) is 9.99. The van der Waals surface area contributed by atoms with Crippen LogP contribution in [0.1, 0.15) is 56.9 Å². The minimum Gasteiger partial charge on any atom is -0.493 e. The third-order valence-electron chi connectivity index (χ3n) is 13.2. The molecule has 6 aromatic rings. The summed E-state index contributed by atoms with van der Waals surface area (Å²) in [5.41, 5.74) is 3.24. The lowest BCUT2D eigenvalue weighted by Crippen LogP contribution is -2.52. The highest BCUT2D eigenvalue weighted by Crippen LogP contribution is 2.43. The molecule has 0 radical (unpaired) electrons. The minimum absolute atomic E-state index is 0.0464. The lowest BCUT2D eigenvalue weighted by molar-refractivity contribution is -0.137. The first-order valence-electron chi connectivity index (χ1n) is 22.4. The first-order valence-corrected chi connectivity index (χ1v) is 22.4. The molecule has 2 aromatic heterocycles. The first kappa shape index (κ1) is 43.5. The van der Waals surface area contributed by atoms with Crippen LogP contribution in [-0.2, 0) is 40.4 Å². The summed E-state index contributed by atoms with van der Waals surface area (Å²) < 4.78 is 51.9. The van der Waals surface area contributed by atoms with Crippen LogP contribution in [-0.4, -0.2) is 122 Å². The Balaban J connectivity index is 0.844. The van der Waals surface area contributed by atoms with E-state index in [1.165, 1.54) is 23.1 Å². The molecule has 0 bridgehead atoms. The van der Waals surface area contributed by atoms with Crippen LogP contribution in [0, 0.1) is 18.6 Å². The van der Waals surface area contributed by atoms with Gasteiger partial charge in [0.2, 0.25) is 17.7 Å². The number of benzene rings is 4. The van der Waals surface area contributed by atoms with E-state index in [0.29, 0.717) is 120 Å². The van der Waals surface area contributed by atoms with E-state index in [2.05, 4.69) is 15.3 Å². The Kier molecular flexibility index (Phi) is 11.6. The highest BCUT2D eigenvalue weighted by molar-refractivity contribution is 6.06. The number of piperidine rings is 1. The quantitative estimate of drug-likeness (QED) is 0.107. The highest BCUT2D eigenvalue weighted by Gasteiger charge is 2.40. The average Bonchev–Trinajstić information content (AvgIpc) is 4.07. The molecule has 18 heteroatoms. The van der Waals surface area contributed by atoms with Gasteiger partial charge in [-0.25, -0.2) is 18.3 Å². The van der Waals surface area contributed by atoms with E-state index in [9.17, 15) is 33.5 Å². The summed E-state index contributed by atoms with van der Waals surface area (Å²) in [5, 5.41) is 19.9. The number of fused-ring (bicyclic) bond motifs is 4. The molecule has 67 heavy (non-hydrogen) atoms. The number of nitrogens with one attached hydrogen (secondary N) is 1. The van der Waals surface area contributed by atoms with Crippen LogP contribution in [0.25, 0.3) is 32.8 Å². The Bertz CT molecular complexity index is 3010.